The van der Waals surface area contributed by atoms with Crippen LogP contribution in [0, 0.1) is 0 Å². The van der Waals surface area contributed by atoms with E-state index in [4.69, 9.17) is 4.74 Å². The Labute approximate surface area is 170 Å². The molecule has 154 valence electrons. The zero-order valence-electron chi connectivity index (χ0n) is 16.2. The number of sulfonamides is 1. The van der Waals surface area contributed by atoms with Crippen LogP contribution in [0.1, 0.15) is 5.56 Å². The molecule has 0 spiro atoms. The molecule has 0 bridgehead atoms. The molecule has 0 aliphatic rings. The fraction of sp³-hybridized carbons (Fsp3) is 0.200. The quantitative estimate of drug-likeness (QED) is 0.603. The molecule has 0 aromatic heterocycles. The smallest absolute Gasteiger partial charge is 0.321 e. The molecular formula is C20H23N3O5S. The third-order valence-corrected chi connectivity index (χ3v) is 4.73. The molecule has 8 nitrogen and oxygen atoms in total. The van der Waals surface area contributed by atoms with E-state index in [2.05, 4.69) is 10.0 Å². The summed E-state index contributed by atoms with van der Waals surface area (Å²) in [5, 5.41) is 3.55. The Bertz CT molecular complexity index is 955. The van der Waals surface area contributed by atoms with Gasteiger partial charge in [0.2, 0.25) is 10.0 Å². The second-order valence-electron chi connectivity index (χ2n) is 6.23. The van der Waals surface area contributed by atoms with Crippen molar-refractivity contribution in [1.82, 2.24) is 4.72 Å². The number of hydrogen-bond acceptors (Lipinski definition) is 6. The first-order valence-corrected chi connectivity index (χ1v) is 10.3. The highest BCUT2D eigenvalue weighted by molar-refractivity contribution is 7.92. The van der Waals surface area contributed by atoms with Gasteiger partial charge in [-0.3, -0.25) is 9.59 Å². The molecule has 0 atom stereocenters. The summed E-state index contributed by atoms with van der Waals surface area (Å²) >= 11 is 0. The van der Waals surface area contributed by atoms with Gasteiger partial charge in [-0.15, -0.1) is 0 Å². The summed E-state index contributed by atoms with van der Waals surface area (Å²) in [5.74, 6) is -1.39. The molecule has 29 heavy (non-hydrogen) atoms. The number of amides is 1. The minimum Gasteiger partial charge on any atom is -0.455 e. The largest absolute Gasteiger partial charge is 0.455 e. The topological polar surface area (TPSA) is 105 Å². The van der Waals surface area contributed by atoms with Gasteiger partial charge in [0.1, 0.15) is 6.54 Å². The molecule has 2 aromatic rings. The van der Waals surface area contributed by atoms with Crippen LogP contribution in [0.2, 0.25) is 0 Å². The number of carbonyl (C=O) groups excluding carboxylic acids is 2. The summed E-state index contributed by atoms with van der Waals surface area (Å²) in [6, 6.07) is 16.0. The fourth-order valence-electron chi connectivity index (χ4n) is 2.18. The predicted octanol–water partition coefficient (Wildman–Crippen LogP) is 1.82. The van der Waals surface area contributed by atoms with Crippen LogP contribution in [0.25, 0.3) is 6.08 Å². The Kier molecular flexibility index (Phi) is 7.93. The zero-order chi connectivity index (χ0) is 21.3. The molecule has 0 unspecified atom stereocenters. The second kappa shape index (κ2) is 10.4. The Hall–Kier alpha value is -3.17. The van der Waals surface area contributed by atoms with Crippen molar-refractivity contribution >= 4 is 39.4 Å². The maximum absolute atomic E-state index is 11.9. The Balaban J connectivity index is 1.74. The maximum Gasteiger partial charge on any atom is 0.321 e. The SMILES string of the molecule is CN(C)c1ccc(NC(=O)COC(=O)CNS(=O)(=O)/C=C/c2ccccc2)cc1. The number of anilines is 2. The third kappa shape index (κ3) is 8.16. The normalized spacial score (nSPS) is 11.2. The average molecular weight is 417 g/mol. The van der Waals surface area contributed by atoms with E-state index >= 15 is 0 Å². The third-order valence-electron chi connectivity index (χ3n) is 3.69. The van der Waals surface area contributed by atoms with E-state index < -0.39 is 35.1 Å². The molecule has 0 aliphatic heterocycles. The molecule has 0 saturated carbocycles. The first-order chi connectivity index (χ1) is 13.7. The summed E-state index contributed by atoms with van der Waals surface area (Å²) in [6.07, 6.45) is 1.41. The number of ether oxygens (including phenoxy) is 1. The number of carbonyl (C=O) groups is 2. The monoisotopic (exact) mass is 417 g/mol. The van der Waals surface area contributed by atoms with E-state index in [-0.39, 0.29) is 0 Å². The summed E-state index contributed by atoms with van der Waals surface area (Å²) < 4.78 is 30.6. The van der Waals surface area contributed by atoms with Crippen molar-refractivity contribution in [2.45, 2.75) is 0 Å². The summed E-state index contributed by atoms with van der Waals surface area (Å²) in [6.45, 7) is -1.10. The van der Waals surface area contributed by atoms with Crippen molar-refractivity contribution < 1.29 is 22.7 Å². The van der Waals surface area contributed by atoms with Crippen LogP contribution in [0.4, 0.5) is 11.4 Å². The molecule has 9 heteroatoms. The molecule has 0 fully saturated rings. The highest BCUT2D eigenvalue weighted by atomic mass is 32.2. The van der Waals surface area contributed by atoms with Crippen molar-refractivity contribution in [2.75, 3.05) is 37.5 Å². The summed E-state index contributed by atoms with van der Waals surface area (Å²) in [5.41, 5.74) is 2.24. The van der Waals surface area contributed by atoms with Crippen LogP contribution in [0.5, 0.6) is 0 Å². The van der Waals surface area contributed by atoms with Gasteiger partial charge < -0.3 is 15.0 Å². The van der Waals surface area contributed by atoms with Crippen LogP contribution in [0.3, 0.4) is 0 Å². The minimum absolute atomic E-state index is 0.518. The zero-order valence-corrected chi connectivity index (χ0v) is 17.0. The van der Waals surface area contributed by atoms with Gasteiger partial charge >= 0.3 is 5.97 Å². The standard InChI is InChI=1S/C20H23N3O5S/c1-23(2)18-10-8-17(9-11-18)22-19(24)15-28-20(25)14-21-29(26,27)13-12-16-6-4-3-5-7-16/h3-13,21H,14-15H2,1-2H3,(H,22,24)/b13-12+. The predicted molar refractivity (Wildman–Crippen MR) is 113 cm³/mol. The first-order valence-electron chi connectivity index (χ1n) is 8.71. The van der Waals surface area contributed by atoms with Gasteiger partial charge in [-0.25, -0.2) is 13.1 Å². The molecule has 2 N–H and O–H groups in total. The lowest BCUT2D eigenvalue weighted by Crippen LogP contribution is -2.31. The van der Waals surface area contributed by atoms with E-state index in [0.717, 1.165) is 11.1 Å². The molecule has 2 rings (SSSR count). The Morgan fingerprint density at radius 1 is 1.03 bits per heavy atom. The number of hydrogen-bond donors (Lipinski definition) is 2. The van der Waals surface area contributed by atoms with Gasteiger partial charge in [-0.1, -0.05) is 30.3 Å². The Morgan fingerprint density at radius 2 is 1.69 bits per heavy atom. The Morgan fingerprint density at radius 3 is 2.31 bits per heavy atom. The average Bonchev–Trinajstić information content (AvgIpc) is 2.70. The number of rotatable bonds is 9. The van der Waals surface area contributed by atoms with Crippen LogP contribution in [-0.4, -0.2) is 47.5 Å². The van der Waals surface area contributed by atoms with E-state index in [1.807, 2.05) is 37.2 Å². The van der Waals surface area contributed by atoms with Crippen LogP contribution >= 0.6 is 0 Å². The molecular weight excluding hydrogens is 394 g/mol. The fourth-order valence-corrected chi connectivity index (χ4v) is 2.93. The van der Waals surface area contributed by atoms with Crippen molar-refractivity contribution in [3.63, 3.8) is 0 Å². The van der Waals surface area contributed by atoms with Crippen molar-refractivity contribution in [3.05, 3.63) is 65.6 Å². The van der Waals surface area contributed by atoms with E-state index in [1.165, 1.54) is 6.08 Å². The molecule has 0 aliphatic carbocycles. The molecule has 1 amide bonds. The first kappa shape index (κ1) is 22.1. The molecule has 0 heterocycles. The van der Waals surface area contributed by atoms with E-state index in [1.54, 1.807) is 36.4 Å². The second-order valence-corrected chi connectivity index (χ2v) is 7.88. The molecule has 0 saturated heterocycles. The van der Waals surface area contributed by atoms with E-state index in [9.17, 15) is 18.0 Å². The number of nitrogens with zero attached hydrogens (tertiary/aromatic N) is 1. The maximum atomic E-state index is 11.9. The number of esters is 1. The van der Waals surface area contributed by atoms with Crippen LogP contribution in [-0.2, 0) is 24.3 Å². The lowest BCUT2D eigenvalue weighted by Gasteiger charge is -2.13. The minimum atomic E-state index is -3.81. The van der Waals surface area contributed by atoms with Gasteiger partial charge in [0, 0.05) is 30.9 Å². The van der Waals surface area contributed by atoms with Gasteiger partial charge in [0.15, 0.2) is 6.61 Å². The lowest BCUT2D eigenvalue weighted by molar-refractivity contribution is -0.146. The van der Waals surface area contributed by atoms with Gasteiger partial charge in [-0.05, 0) is 35.9 Å². The van der Waals surface area contributed by atoms with Gasteiger partial charge in [0.05, 0.1) is 0 Å². The van der Waals surface area contributed by atoms with Gasteiger partial charge in [0.25, 0.3) is 5.91 Å². The van der Waals surface area contributed by atoms with Crippen LogP contribution < -0.4 is 14.9 Å². The van der Waals surface area contributed by atoms with Crippen molar-refractivity contribution in [1.29, 1.82) is 0 Å². The number of benzene rings is 2. The van der Waals surface area contributed by atoms with Crippen molar-refractivity contribution in [3.8, 4) is 0 Å². The molecule has 0 radical (unpaired) electrons. The lowest BCUT2D eigenvalue weighted by atomic mass is 10.2. The summed E-state index contributed by atoms with van der Waals surface area (Å²) in [4.78, 5) is 25.4. The van der Waals surface area contributed by atoms with Gasteiger partial charge in [-0.2, -0.15) is 0 Å². The summed E-state index contributed by atoms with van der Waals surface area (Å²) in [7, 11) is -0.00598. The highest BCUT2D eigenvalue weighted by Crippen LogP contribution is 2.15. The highest BCUT2D eigenvalue weighted by Gasteiger charge is 2.12. The number of nitrogens with one attached hydrogen (secondary N) is 2. The van der Waals surface area contributed by atoms with Crippen LogP contribution in [0.15, 0.2) is 60.0 Å². The van der Waals surface area contributed by atoms with Crippen molar-refractivity contribution in [2.24, 2.45) is 0 Å². The van der Waals surface area contributed by atoms with E-state index in [0.29, 0.717) is 11.3 Å². The molecule has 2 aromatic carbocycles.